The number of nitrogens with zero attached hydrogens (tertiary/aromatic N) is 3. The lowest BCUT2D eigenvalue weighted by Crippen LogP contribution is -2.31. The molecule has 0 radical (unpaired) electrons. The largest absolute Gasteiger partial charge is 0.350 e. The molecule has 0 saturated carbocycles. The van der Waals surface area contributed by atoms with Gasteiger partial charge in [-0.3, -0.25) is 19.1 Å². The Kier molecular flexibility index (Phi) is 4.76. The predicted molar refractivity (Wildman–Crippen MR) is 90.0 cm³/mol. The molecule has 1 amide bonds. The fourth-order valence-electron chi connectivity index (χ4n) is 2.23. The average molecular weight is 320 g/mol. The van der Waals surface area contributed by atoms with Crippen LogP contribution in [0.25, 0.3) is 11.3 Å². The van der Waals surface area contributed by atoms with E-state index in [0.29, 0.717) is 12.2 Å². The van der Waals surface area contributed by atoms with Crippen molar-refractivity contribution < 1.29 is 4.79 Å². The SMILES string of the molecule is O=C(Cn1cnc(-c2ccccc2)cc1=O)NCc1cccnc1. The summed E-state index contributed by atoms with van der Waals surface area (Å²) >= 11 is 0. The summed E-state index contributed by atoms with van der Waals surface area (Å²) in [4.78, 5) is 32.4. The summed E-state index contributed by atoms with van der Waals surface area (Å²) < 4.78 is 1.28. The molecule has 0 unspecified atom stereocenters. The number of rotatable bonds is 5. The van der Waals surface area contributed by atoms with Gasteiger partial charge in [-0.2, -0.15) is 0 Å². The molecule has 2 heterocycles. The first-order chi connectivity index (χ1) is 11.7. The second-order valence-corrected chi connectivity index (χ2v) is 5.24. The summed E-state index contributed by atoms with van der Waals surface area (Å²) in [5, 5.41) is 2.75. The van der Waals surface area contributed by atoms with E-state index in [0.717, 1.165) is 11.1 Å². The number of pyridine rings is 1. The van der Waals surface area contributed by atoms with Crippen LogP contribution in [-0.2, 0) is 17.9 Å². The number of hydrogen-bond acceptors (Lipinski definition) is 4. The molecular formula is C18H16N4O2. The molecule has 2 aromatic heterocycles. The first-order valence-electron chi connectivity index (χ1n) is 7.50. The second-order valence-electron chi connectivity index (χ2n) is 5.24. The van der Waals surface area contributed by atoms with E-state index in [2.05, 4.69) is 15.3 Å². The Bertz CT molecular complexity index is 876. The Morgan fingerprint density at radius 3 is 2.67 bits per heavy atom. The zero-order valence-electron chi connectivity index (χ0n) is 12.9. The molecule has 0 aliphatic carbocycles. The molecule has 0 saturated heterocycles. The fourth-order valence-corrected chi connectivity index (χ4v) is 2.23. The van der Waals surface area contributed by atoms with Crippen LogP contribution in [0.3, 0.4) is 0 Å². The zero-order valence-corrected chi connectivity index (χ0v) is 12.9. The van der Waals surface area contributed by atoms with Crippen LogP contribution in [0, 0.1) is 0 Å². The molecule has 1 N–H and O–H groups in total. The predicted octanol–water partition coefficient (Wildman–Crippen LogP) is 1.62. The number of nitrogens with one attached hydrogen (secondary N) is 1. The van der Waals surface area contributed by atoms with E-state index in [4.69, 9.17) is 0 Å². The summed E-state index contributed by atoms with van der Waals surface area (Å²) in [7, 11) is 0. The Morgan fingerprint density at radius 1 is 1.12 bits per heavy atom. The van der Waals surface area contributed by atoms with E-state index in [1.807, 2.05) is 36.4 Å². The Balaban J connectivity index is 1.65. The van der Waals surface area contributed by atoms with Gasteiger partial charge in [-0.15, -0.1) is 0 Å². The van der Waals surface area contributed by atoms with Crippen LogP contribution < -0.4 is 10.9 Å². The number of carbonyl (C=O) groups is 1. The first kappa shape index (κ1) is 15.6. The molecule has 6 nitrogen and oxygen atoms in total. The van der Waals surface area contributed by atoms with Gasteiger partial charge in [0.15, 0.2) is 0 Å². The third-order valence-corrected chi connectivity index (χ3v) is 3.48. The van der Waals surface area contributed by atoms with Gasteiger partial charge in [-0.05, 0) is 11.6 Å². The van der Waals surface area contributed by atoms with Crippen LogP contribution in [0.4, 0.5) is 0 Å². The van der Waals surface area contributed by atoms with Crippen molar-refractivity contribution in [3.05, 3.63) is 83.2 Å². The standard InChI is InChI=1S/C18H16N4O2/c23-17(20-11-14-5-4-8-19-10-14)12-22-13-21-16(9-18(22)24)15-6-2-1-3-7-15/h1-10,13H,11-12H2,(H,20,23). The molecule has 0 aliphatic heterocycles. The van der Waals surface area contributed by atoms with Gasteiger partial charge in [0, 0.05) is 30.6 Å². The van der Waals surface area contributed by atoms with Gasteiger partial charge in [0.25, 0.3) is 5.56 Å². The van der Waals surface area contributed by atoms with Gasteiger partial charge >= 0.3 is 0 Å². The van der Waals surface area contributed by atoms with E-state index in [1.54, 1.807) is 18.5 Å². The van der Waals surface area contributed by atoms with Gasteiger partial charge in [0.1, 0.15) is 6.54 Å². The molecule has 3 rings (SSSR count). The van der Waals surface area contributed by atoms with Crippen LogP contribution in [-0.4, -0.2) is 20.4 Å². The summed E-state index contributed by atoms with van der Waals surface area (Å²) in [6.07, 6.45) is 4.75. The van der Waals surface area contributed by atoms with Gasteiger partial charge in [-0.1, -0.05) is 36.4 Å². The molecule has 0 atom stereocenters. The highest BCUT2D eigenvalue weighted by atomic mass is 16.2. The summed E-state index contributed by atoms with van der Waals surface area (Å²) in [5.41, 5.74) is 2.09. The third kappa shape index (κ3) is 3.92. The number of amides is 1. The van der Waals surface area contributed by atoms with Crippen molar-refractivity contribution in [2.75, 3.05) is 0 Å². The smallest absolute Gasteiger partial charge is 0.254 e. The first-order valence-corrected chi connectivity index (χ1v) is 7.50. The minimum atomic E-state index is -0.264. The zero-order chi connectivity index (χ0) is 16.8. The Morgan fingerprint density at radius 2 is 1.96 bits per heavy atom. The maximum atomic E-state index is 12.2. The van der Waals surface area contributed by atoms with E-state index >= 15 is 0 Å². The van der Waals surface area contributed by atoms with E-state index in [1.165, 1.54) is 17.0 Å². The van der Waals surface area contributed by atoms with Crippen LogP contribution in [0.15, 0.2) is 72.0 Å². The highest BCUT2D eigenvalue weighted by Gasteiger charge is 2.07. The van der Waals surface area contributed by atoms with Crippen LogP contribution >= 0.6 is 0 Å². The lowest BCUT2D eigenvalue weighted by molar-refractivity contribution is -0.121. The molecule has 3 aromatic rings. The van der Waals surface area contributed by atoms with Crippen molar-refractivity contribution >= 4 is 5.91 Å². The summed E-state index contributed by atoms with van der Waals surface area (Å²) in [6.45, 7) is 0.304. The molecule has 0 spiro atoms. The summed E-state index contributed by atoms with van der Waals surface area (Å²) in [6, 6.07) is 14.5. The third-order valence-electron chi connectivity index (χ3n) is 3.48. The monoisotopic (exact) mass is 320 g/mol. The number of carbonyl (C=O) groups excluding carboxylic acids is 1. The molecule has 1 aromatic carbocycles. The van der Waals surface area contributed by atoms with Gasteiger partial charge in [0.05, 0.1) is 12.0 Å². The molecule has 0 aliphatic rings. The maximum absolute atomic E-state index is 12.2. The van der Waals surface area contributed by atoms with E-state index in [-0.39, 0.29) is 18.0 Å². The Hall–Kier alpha value is -3.28. The molecule has 6 heteroatoms. The quantitative estimate of drug-likeness (QED) is 0.775. The van der Waals surface area contributed by atoms with Crippen molar-refractivity contribution in [2.45, 2.75) is 13.1 Å². The normalized spacial score (nSPS) is 10.3. The Labute approximate surface area is 138 Å². The second kappa shape index (κ2) is 7.32. The van der Waals surface area contributed by atoms with E-state index in [9.17, 15) is 9.59 Å². The lowest BCUT2D eigenvalue weighted by Gasteiger charge is -2.08. The lowest BCUT2D eigenvalue weighted by atomic mass is 10.1. The van der Waals surface area contributed by atoms with Gasteiger partial charge in [-0.25, -0.2) is 4.98 Å². The number of aromatic nitrogens is 3. The van der Waals surface area contributed by atoms with Crippen LogP contribution in [0.1, 0.15) is 5.56 Å². The minimum Gasteiger partial charge on any atom is -0.350 e. The molecule has 0 fully saturated rings. The average Bonchev–Trinajstić information content (AvgIpc) is 2.63. The van der Waals surface area contributed by atoms with Crippen molar-refractivity contribution in [2.24, 2.45) is 0 Å². The molecule has 120 valence electrons. The van der Waals surface area contributed by atoms with Crippen LogP contribution in [0.2, 0.25) is 0 Å². The molecular weight excluding hydrogens is 304 g/mol. The van der Waals surface area contributed by atoms with Crippen molar-refractivity contribution in [1.29, 1.82) is 0 Å². The topological polar surface area (TPSA) is 76.9 Å². The van der Waals surface area contributed by atoms with Gasteiger partial charge < -0.3 is 5.32 Å². The van der Waals surface area contributed by atoms with Gasteiger partial charge in [0.2, 0.25) is 5.91 Å². The number of hydrogen-bond donors (Lipinski definition) is 1. The van der Waals surface area contributed by atoms with Crippen molar-refractivity contribution in [3.8, 4) is 11.3 Å². The maximum Gasteiger partial charge on any atom is 0.254 e. The highest BCUT2D eigenvalue weighted by Crippen LogP contribution is 2.13. The summed E-state index contributed by atoms with van der Waals surface area (Å²) in [5.74, 6) is -0.254. The van der Waals surface area contributed by atoms with Crippen LogP contribution in [0.5, 0.6) is 0 Å². The molecule has 0 bridgehead atoms. The van der Waals surface area contributed by atoms with E-state index < -0.39 is 0 Å². The molecule has 24 heavy (non-hydrogen) atoms. The van der Waals surface area contributed by atoms with Crippen molar-refractivity contribution in [3.63, 3.8) is 0 Å². The highest BCUT2D eigenvalue weighted by molar-refractivity contribution is 5.75. The fraction of sp³-hybridized carbons (Fsp3) is 0.111. The minimum absolute atomic E-state index is 0.0683. The number of benzene rings is 1. The van der Waals surface area contributed by atoms with Crippen molar-refractivity contribution in [1.82, 2.24) is 19.9 Å².